The second-order valence-corrected chi connectivity index (χ2v) is 5.48. The minimum Gasteiger partial charge on any atom is -0.494 e. The van der Waals surface area contributed by atoms with Crippen LogP contribution in [0.15, 0.2) is 48.8 Å². The first-order chi connectivity index (χ1) is 11.3. The number of benzene rings is 1. The summed E-state index contributed by atoms with van der Waals surface area (Å²) in [6.45, 7) is 2.94. The number of hydrogen-bond acceptors (Lipinski definition) is 3. The summed E-state index contributed by atoms with van der Waals surface area (Å²) in [6.07, 6.45) is 9.39. The zero-order valence-electron chi connectivity index (χ0n) is 13.6. The van der Waals surface area contributed by atoms with Crippen LogP contribution in [0.1, 0.15) is 49.4 Å². The van der Waals surface area contributed by atoms with Crippen molar-refractivity contribution in [1.29, 1.82) is 0 Å². The molecule has 0 spiro atoms. The standard InChI is InChI=1S/C19H24N2O2/c1-2-3-4-5-6-15-23-18-9-7-16(8-10-18)19(22)21-17-11-13-20-14-12-17/h7-14H,2-6,15H2,1H3,(H,20,21,22). The van der Waals surface area contributed by atoms with E-state index in [2.05, 4.69) is 17.2 Å². The highest BCUT2D eigenvalue weighted by atomic mass is 16.5. The van der Waals surface area contributed by atoms with E-state index in [1.807, 2.05) is 12.1 Å². The molecule has 1 heterocycles. The Labute approximate surface area is 137 Å². The largest absolute Gasteiger partial charge is 0.494 e. The maximum atomic E-state index is 12.1. The molecule has 1 N–H and O–H groups in total. The summed E-state index contributed by atoms with van der Waals surface area (Å²) in [5, 5.41) is 2.83. The minimum absolute atomic E-state index is 0.137. The predicted molar refractivity (Wildman–Crippen MR) is 92.9 cm³/mol. The van der Waals surface area contributed by atoms with Crippen LogP contribution in [0, 0.1) is 0 Å². The van der Waals surface area contributed by atoms with Crippen molar-refractivity contribution in [1.82, 2.24) is 4.98 Å². The monoisotopic (exact) mass is 312 g/mol. The molecule has 2 aromatic rings. The van der Waals surface area contributed by atoms with E-state index in [4.69, 9.17) is 4.74 Å². The summed E-state index contributed by atoms with van der Waals surface area (Å²) in [5.74, 6) is 0.670. The molecule has 0 fully saturated rings. The van der Waals surface area contributed by atoms with Crippen molar-refractivity contribution < 1.29 is 9.53 Å². The third-order valence-corrected chi connectivity index (χ3v) is 3.57. The Hall–Kier alpha value is -2.36. The van der Waals surface area contributed by atoms with Gasteiger partial charge in [0.2, 0.25) is 0 Å². The molecule has 0 unspecified atom stereocenters. The first-order valence-electron chi connectivity index (χ1n) is 8.24. The van der Waals surface area contributed by atoms with Gasteiger partial charge in [0.05, 0.1) is 6.61 Å². The van der Waals surface area contributed by atoms with E-state index in [-0.39, 0.29) is 5.91 Å². The summed E-state index contributed by atoms with van der Waals surface area (Å²) in [6, 6.07) is 10.8. The van der Waals surface area contributed by atoms with Gasteiger partial charge in [-0.25, -0.2) is 0 Å². The van der Waals surface area contributed by atoms with Gasteiger partial charge in [0.25, 0.3) is 5.91 Å². The molecule has 23 heavy (non-hydrogen) atoms. The Morgan fingerprint density at radius 2 is 1.70 bits per heavy atom. The second kappa shape index (κ2) is 9.62. The van der Waals surface area contributed by atoms with Crippen LogP contribution >= 0.6 is 0 Å². The van der Waals surface area contributed by atoms with E-state index in [0.29, 0.717) is 5.56 Å². The van der Waals surface area contributed by atoms with Gasteiger partial charge in [0.1, 0.15) is 5.75 Å². The fourth-order valence-corrected chi connectivity index (χ4v) is 2.24. The Bertz CT molecular complexity index is 582. The molecule has 0 atom stereocenters. The molecule has 0 bridgehead atoms. The fourth-order valence-electron chi connectivity index (χ4n) is 2.24. The molecule has 1 amide bonds. The van der Waals surface area contributed by atoms with E-state index < -0.39 is 0 Å². The van der Waals surface area contributed by atoms with Gasteiger partial charge >= 0.3 is 0 Å². The molecular weight excluding hydrogens is 288 g/mol. The molecule has 0 aliphatic heterocycles. The van der Waals surface area contributed by atoms with Crippen LogP contribution in [0.2, 0.25) is 0 Å². The van der Waals surface area contributed by atoms with Crippen LogP contribution in [0.5, 0.6) is 5.75 Å². The predicted octanol–water partition coefficient (Wildman–Crippen LogP) is 4.68. The third kappa shape index (κ3) is 6.10. The first kappa shape index (κ1) is 17.0. The highest BCUT2D eigenvalue weighted by Gasteiger charge is 2.06. The average Bonchev–Trinajstić information content (AvgIpc) is 2.59. The Morgan fingerprint density at radius 3 is 2.39 bits per heavy atom. The third-order valence-electron chi connectivity index (χ3n) is 3.57. The van der Waals surface area contributed by atoms with Gasteiger partial charge < -0.3 is 10.1 Å². The van der Waals surface area contributed by atoms with Gasteiger partial charge in [-0.2, -0.15) is 0 Å². The SMILES string of the molecule is CCCCCCCOc1ccc(C(=O)Nc2ccncc2)cc1. The number of ether oxygens (including phenoxy) is 1. The smallest absolute Gasteiger partial charge is 0.255 e. The van der Waals surface area contributed by atoms with Crippen LogP contribution in [-0.4, -0.2) is 17.5 Å². The number of anilines is 1. The molecule has 122 valence electrons. The number of aromatic nitrogens is 1. The van der Waals surface area contributed by atoms with Crippen molar-refractivity contribution in [3.8, 4) is 5.75 Å². The van der Waals surface area contributed by atoms with Crippen LogP contribution in [0.25, 0.3) is 0 Å². The van der Waals surface area contributed by atoms with Crippen molar-refractivity contribution in [2.75, 3.05) is 11.9 Å². The van der Waals surface area contributed by atoms with Crippen LogP contribution in [0.4, 0.5) is 5.69 Å². The topological polar surface area (TPSA) is 51.2 Å². The molecular formula is C19H24N2O2. The molecule has 1 aromatic heterocycles. The summed E-state index contributed by atoms with van der Waals surface area (Å²) < 4.78 is 5.70. The van der Waals surface area contributed by atoms with E-state index in [9.17, 15) is 4.79 Å². The number of carbonyl (C=O) groups is 1. The molecule has 4 nitrogen and oxygen atoms in total. The summed E-state index contributed by atoms with van der Waals surface area (Å²) in [7, 11) is 0. The highest BCUT2D eigenvalue weighted by Crippen LogP contribution is 2.14. The molecule has 4 heteroatoms. The molecule has 0 aliphatic carbocycles. The lowest BCUT2D eigenvalue weighted by Gasteiger charge is -2.08. The lowest BCUT2D eigenvalue weighted by Crippen LogP contribution is -2.11. The van der Waals surface area contributed by atoms with Crippen molar-refractivity contribution in [2.24, 2.45) is 0 Å². The van der Waals surface area contributed by atoms with Gasteiger partial charge in [-0.3, -0.25) is 9.78 Å². The van der Waals surface area contributed by atoms with E-state index in [1.54, 1.807) is 36.7 Å². The molecule has 0 radical (unpaired) electrons. The lowest BCUT2D eigenvalue weighted by molar-refractivity contribution is 0.102. The average molecular weight is 312 g/mol. The molecule has 1 aromatic carbocycles. The maximum absolute atomic E-state index is 12.1. The van der Waals surface area contributed by atoms with Crippen LogP contribution in [0.3, 0.4) is 0 Å². The zero-order valence-corrected chi connectivity index (χ0v) is 13.6. The van der Waals surface area contributed by atoms with Crippen molar-refractivity contribution in [3.05, 3.63) is 54.4 Å². The van der Waals surface area contributed by atoms with E-state index in [0.717, 1.165) is 24.5 Å². The molecule has 0 aliphatic rings. The summed E-state index contributed by atoms with van der Waals surface area (Å²) in [4.78, 5) is 16.0. The number of pyridine rings is 1. The van der Waals surface area contributed by atoms with Crippen LogP contribution < -0.4 is 10.1 Å². The highest BCUT2D eigenvalue weighted by molar-refractivity contribution is 6.04. The Balaban J connectivity index is 1.76. The van der Waals surface area contributed by atoms with Crippen molar-refractivity contribution in [3.63, 3.8) is 0 Å². The fraction of sp³-hybridized carbons (Fsp3) is 0.368. The van der Waals surface area contributed by atoms with Gasteiger partial charge in [-0.1, -0.05) is 32.6 Å². The molecule has 0 saturated carbocycles. The van der Waals surface area contributed by atoms with Gasteiger partial charge in [0, 0.05) is 23.6 Å². The van der Waals surface area contributed by atoms with Gasteiger partial charge in [0.15, 0.2) is 0 Å². The van der Waals surface area contributed by atoms with E-state index >= 15 is 0 Å². The summed E-state index contributed by atoms with van der Waals surface area (Å²) in [5.41, 5.74) is 1.34. The van der Waals surface area contributed by atoms with Crippen LogP contribution in [-0.2, 0) is 0 Å². The van der Waals surface area contributed by atoms with Gasteiger partial charge in [-0.05, 0) is 42.8 Å². The number of rotatable bonds is 9. The van der Waals surface area contributed by atoms with E-state index in [1.165, 1.54) is 25.7 Å². The Kier molecular flexibility index (Phi) is 7.11. The van der Waals surface area contributed by atoms with Crippen molar-refractivity contribution >= 4 is 11.6 Å². The summed E-state index contributed by atoms with van der Waals surface area (Å²) >= 11 is 0. The number of nitrogens with one attached hydrogen (secondary N) is 1. The van der Waals surface area contributed by atoms with Gasteiger partial charge in [-0.15, -0.1) is 0 Å². The van der Waals surface area contributed by atoms with Crippen molar-refractivity contribution in [2.45, 2.75) is 39.0 Å². The second-order valence-electron chi connectivity index (χ2n) is 5.48. The normalized spacial score (nSPS) is 10.3. The minimum atomic E-state index is -0.137. The maximum Gasteiger partial charge on any atom is 0.255 e. The first-order valence-corrected chi connectivity index (χ1v) is 8.24. The Morgan fingerprint density at radius 1 is 1.00 bits per heavy atom. The number of hydrogen-bond donors (Lipinski definition) is 1. The number of amides is 1. The zero-order chi connectivity index (χ0) is 16.3. The quantitative estimate of drug-likeness (QED) is 0.684. The number of carbonyl (C=O) groups excluding carboxylic acids is 1. The number of nitrogens with zero attached hydrogens (tertiary/aromatic N) is 1. The number of unbranched alkanes of at least 4 members (excludes halogenated alkanes) is 4. The molecule has 0 saturated heterocycles. The lowest BCUT2D eigenvalue weighted by atomic mass is 10.2. The molecule has 2 rings (SSSR count).